The molecule has 0 atom stereocenters. The Morgan fingerprint density at radius 3 is 2.84 bits per heavy atom. The lowest BCUT2D eigenvalue weighted by atomic mass is 10.1. The van der Waals surface area contributed by atoms with Gasteiger partial charge in [-0.25, -0.2) is 0 Å². The highest BCUT2D eigenvalue weighted by molar-refractivity contribution is 6.31. The molecule has 0 radical (unpaired) electrons. The Kier molecular flexibility index (Phi) is 4.77. The van der Waals surface area contributed by atoms with Gasteiger partial charge in [-0.1, -0.05) is 29.8 Å². The number of halogens is 1. The van der Waals surface area contributed by atoms with Crippen LogP contribution in [0.25, 0.3) is 0 Å². The maximum atomic E-state index is 6.08. The van der Waals surface area contributed by atoms with Crippen LogP contribution in [0.2, 0.25) is 5.02 Å². The molecule has 19 heavy (non-hydrogen) atoms. The van der Waals surface area contributed by atoms with Crippen LogP contribution < -0.4 is 10.1 Å². The fourth-order valence-electron chi connectivity index (χ4n) is 1.92. The molecule has 1 heterocycles. The molecule has 0 saturated heterocycles. The van der Waals surface area contributed by atoms with Crippen LogP contribution in [0.15, 0.2) is 36.7 Å². The third kappa shape index (κ3) is 3.46. The second kappa shape index (κ2) is 6.55. The van der Waals surface area contributed by atoms with Crippen LogP contribution in [0.4, 0.5) is 0 Å². The summed E-state index contributed by atoms with van der Waals surface area (Å²) in [5.41, 5.74) is 3.21. The van der Waals surface area contributed by atoms with Gasteiger partial charge < -0.3 is 10.1 Å². The van der Waals surface area contributed by atoms with Gasteiger partial charge in [0.05, 0.1) is 5.02 Å². The van der Waals surface area contributed by atoms with Gasteiger partial charge in [0.2, 0.25) is 0 Å². The fourth-order valence-corrected chi connectivity index (χ4v) is 2.09. The SMILES string of the molecule is CNCc1cccc(C)c1OCc1ccncc1Cl. The van der Waals surface area contributed by atoms with Gasteiger partial charge in [-0.15, -0.1) is 0 Å². The summed E-state index contributed by atoms with van der Waals surface area (Å²) in [6.45, 7) is 3.27. The van der Waals surface area contributed by atoms with Crippen molar-refractivity contribution in [3.8, 4) is 5.75 Å². The van der Waals surface area contributed by atoms with Crippen molar-refractivity contribution < 1.29 is 4.74 Å². The number of para-hydroxylation sites is 1. The summed E-state index contributed by atoms with van der Waals surface area (Å²) < 4.78 is 5.94. The molecule has 1 aromatic heterocycles. The summed E-state index contributed by atoms with van der Waals surface area (Å²) in [6.07, 6.45) is 3.35. The molecule has 1 N–H and O–H groups in total. The zero-order valence-electron chi connectivity index (χ0n) is 11.1. The van der Waals surface area contributed by atoms with Crippen LogP contribution in [-0.4, -0.2) is 12.0 Å². The number of pyridine rings is 1. The number of hydrogen-bond donors (Lipinski definition) is 1. The van der Waals surface area contributed by atoms with Gasteiger partial charge in [0.15, 0.2) is 0 Å². The van der Waals surface area contributed by atoms with E-state index in [0.29, 0.717) is 11.6 Å². The van der Waals surface area contributed by atoms with E-state index in [9.17, 15) is 0 Å². The first kappa shape index (κ1) is 13.8. The first-order chi connectivity index (χ1) is 9.22. The predicted octanol–water partition coefficient (Wildman–Crippen LogP) is 3.34. The van der Waals surface area contributed by atoms with Gasteiger partial charge in [-0.3, -0.25) is 4.98 Å². The standard InChI is InChI=1S/C15H17ClN2O/c1-11-4-3-5-12(8-17-2)15(11)19-10-13-6-7-18-9-14(13)16/h3-7,9,17H,8,10H2,1-2H3. The number of nitrogens with one attached hydrogen (secondary N) is 1. The van der Waals surface area contributed by atoms with Crippen LogP contribution >= 0.6 is 11.6 Å². The lowest BCUT2D eigenvalue weighted by Crippen LogP contribution is -2.08. The Hall–Kier alpha value is -1.58. The van der Waals surface area contributed by atoms with Crippen molar-refractivity contribution in [3.63, 3.8) is 0 Å². The van der Waals surface area contributed by atoms with Crippen molar-refractivity contribution in [2.75, 3.05) is 7.05 Å². The second-order valence-corrected chi connectivity index (χ2v) is 4.76. The molecule has 0 spiro atoms. The smallest absolute Gasteiger partial charge is 0.127 e. The molecule has 0 fully saturated rings. The maximum absolute atomic E-state index is 6.08. The molecule has 0 aliphatic heterocycles. The summed E-state index contributed by atoms with van der Waals surface area (Å²) in [5, 5.41) is 3.78. The van der Waals surface area contributed by atoms with Crippen LogP contribution in [0.3, 0.4) is 0 Å². The zero-order chi connectivity index (χ0) is 13.7. The van der Waals surface area contributed by atoms with E-state index in [0.717, 1.165) is 29.0 Å². The summed E-state index contributed by atoms with van der Waals surface area (Å²) in [6, 6.07) is 8.02. The van der Waals surface area contributed by atoms with Crippen LogP contribution in [0.5, 0.6) is 5.75 Å². The lowest BCUT2D eigenvalue weighted by Gasteiger charge is -2.14. The van der Waals surface area contributed by atoms with Crippen molar-refractivity contribution in [2.24, 2.45) is 0 Å². The molecule has 2 aromatic rings. The molecule has 4 heteroatoms. The largest absolute Gasteiger partial charge is 0.488 e. The molecule has 2 rings (SSSR count). The molecular weight excluding hydrogens is 260 g/mol. The van der Waals surface area contributed by atoms with Crippen molar-refractivity contribution >= 4 is 11.6 Å². The van der Waals surface area contributed by atoms with Crippen molar-refractivity contribution in [2.45, 2.75) is 20.1 Å². The summed E-state index contributed by atoms with van der Waals surface area (Å²) >= 11 is 6.08. The molecular formula is C15H17ClN2O. The van der Waals surface area contributed by atoms with Crippen molar-refractivity contribution in [1.29, 1.82) is 0 Å². The van der Waals surface area contributed by atoms with Crippen LogP contribution in [0.1, 0.15) is 16.7 Å². The van der Waals surface area contributed by atoms with E-state index >= 15 is 0 Å². The third-order valence-electron chi connectivity index (χ3n) is 2.89. The molecule has 0 bridgehead atoms. The van der Waals surface area contributed by atoms with E-state index in [-0.39, 0.29) is 0 Å². The second-order valence-electron chi connectivity index (χ2n) is 4.35. The van der Waals surface area contributed by atoms with Gasteiger partial charge >= 0.3 is 0 Å². The minimum atomic E-state index is 0.447. The van der Waals surface area contributed by atoms with Gasteiger partial charge in [-0.2, -0.15) is 0 Å². The summed E-state index contributed by atoms with van der Waals surface area (Å²) in [7, 11) is 1.92. The van der Waals surface area contributed by atoms with E-state index in [1.165, 1.54) is 0 Å². The lowest BCUT2D eigenvalue weighted by molar-refractivity contribution is 0.300. The third-order valence-corrected chi connectivity index (χ3v) is 3.23. The normalized spacial score (nSPS) is 10.5. The highest BCUT2D eigenvalue weighted by Crippen LogP contribution is 2.25. The van der Waals surface area contributed by atoms with Crippen LogP contribution in [-0.2, 0) is 13.2 Å². The number of aryl methyl sites for hydroxylation is 1. The number of hydrogen-bond acceptors (Lipinski definition) is 3. The Morgan fingerprint density at radius 2 is 2.11 bits per heavy atom. The summed E-state index contributed by atoms with van der Waals surface area (Å²) in [5.74, 6) is 0.921. The van der Waals surface area contributed by atoms with Crippen molar-refractivity contribution in [3.05, 3.63) is 58.4 Å². The number of benzene rings is 1. The minimum absolute atomic E-state index is 0.447. The minimum Gasteiger partial charge on any atom is -0.488 e. The molecule has 0 amide bonds. The predicted molar refractivity (Wildman–Crippen MR) is 77.5 cm³/mol. The summed E-state index contributed by atoms with van der Waals surface area (Å²) in [4.78, 5) is 3.97. The first-order valence-corrected chi connectivity index (χ1v) is 6.54. The average Bonchev–Trinajstić information content (AvgIpc) is 2.40. The maximum Gasteiger partial charge on any atom is 0.127 e. The molecule has 0 unspecified atom stereocenters. The number of nitrogens with zero attached hydrogens (tertiary/aromatic N) is 1. The molecule has 0 aliphatic rings. The van der Waals surface area contributed by atoms with Crippen molar-refractivity contribution in [1.82, 2.24) is 10.3 Å². The van der Waals surface area contributed by atoms with Crippen LogP contribution in [0, 0.1) is 6.92 Å². The monoisotopic (exact) mass is 276 g/mol. The quantitative estimate of drug-likeness (QED) is 0.909. The van der Waals surface area contributed by atoms with E-state index in [1.54, 1.807) is 12.4 Å². The highest BCUT2D eigenvalue weighted by Gasteiger charge is 2.08. The molecule has 0 aliphatic carbocycles. The van der Waals surface area contributed by atoms with E-state index in [2.05, 4.69) is 16.4 Å². The Labute approximate surface area is 118 Å². The average molecular weight is 277 g/mol. The topological polar surface area (TPSA) is 34.1 Å². The van der Waals surface area contributed by atoms with Gasteiger partial charge in [-0.05, 0) is 25.6 Å². The van der Waals surface area contributed by atoms with Gasteiger partial charge in [0.1, 0.15) is 12.4 Å². The molecule has 100 valence electrons. The number of aromatic nitrogens is 1. The molecule has 0 saturated carbocycles. The van der Waals surface area contributed by atoms with E-state index in [1.807, 2.05) is 32.2 Å². The zero-order valence-corrected chi connectivity index (χ0v) is 11.9. The molecule has 1 aromatic carbocycles. The Balaban J connectivity index is 2.17. The van der Waals surface area contributed by atoms with Gasteiger partial charge in [0, 0.05) is 30.1 Å². The van der Waals surface area contributed by atoms with Gasteiger partial charge in [0.25, 0.3) is 0 Å². The first-order valence-electron chi connectivity index (χ1n) is 6.16. The van der Waals surface area contributed by atoms with E-state index < -0.39 is 0 Å². The number of rotatable bonds is 5. The number of ether oxygens (including phenoxy) is 1. The molecule has 3 nitrogen and oxygen atoms in total. The van der Waals surface area contributed by atoms with E-state index in [4.69, 9.17) is 16.3 Å². The highest BCUT2D eigenvalue weighted by atomic mass is 35.5. The Bertz CT molecular complexity index is 558. The fraction of sp³-hybridized carbons (Fsp3) is 0.267. The Morgan fingerprint density at radius 1 is 1.26 bits per heavy atom.